The molecule has 4 rings (SSSR count). The molecule has 5 heteroatoms. The first-order valence-corrected chi connectivity index (χ1v) is 7.56. The first kappa shape index (κ1) is 12.6. The molecule has 0 atom stereocenters. The van der Waals surface area contributed by atoms with Crippen molar-refractivity contribution in [1.82, 2.24) is 10.2 Å². The largest absolute Gasteiger partial charge is 0.321 e. The van der Waals surface area contributed by atoms with Crippen molar-refractivity contribution >= 4 is 56.7 Å². The van der Waals surface area contributed by atoms with Crippen molar-refractivity contribution in [3.8, 4) is 0 Å². The lowest BCUT2D eigenvalue weighted by atomic mass is 10.0. The molecule has 0 unspecified atom stereocenters. The van der Waals surface area contributed by atoms with Crippen LogP contribution in [0.4, 0.5) is 5.69 Å². The summed E-state index contributed by atoms with van der Waals surface area (Å²) in [6.07, 6.45) is 1.91. The van der Waals surface area contributed by atoms with Crippen molar-refractivity contribution < 1.29 is 4.79 Å². The third kappa shape index (κ3) is 2.04. The molecule has 2 aromatic carbocycles. The Morgan fingerprint density at radius 1 is 1.14 bits per heavy atom. The van der Waals surface area contributed by atoms with E-state index >= 15 is 0 Å². The lowest BCUT2D eigenvalue weighted by molar-refractivity contribution is -0.110. The molecule has 0 radical (unpaired) electrons. The normalized spacial score (nSPS) is 15.5. The highest BCUT2D eigenvalue weighted by molar-refractivity contribution is 14.1. The van der Waals surface area contributed by atoms with Crippen LogP contribution >= 0.6 is 22.6 Å². The van der Waals surface area contributed by atoms with E-state index < -0.39 is 0 Å². The van der Waals surface area contributed by atoms with Crippen LogP contribution in [-0.4, -0.2) is 16.1 Å². The Morgan fingerprint density at radius 3 is 2.90 bits per heavy atom. The topological polar surface area (TPSA) is 57.8 Å². The second kappa shape index (κ2) is 4.70. The van der Waals surface area contributed by atoms with E-state index in [-0.39, 0.29) is 5.91 Å². The zero-order valence-electron chi connectivity index (χ0n) is 10.9. The molecule has 3 aromatic rings. The number of nitrogens with one attached hydrogen (secondary N) is 2. The molecule has 0 saturated heterocycles. The number of benzene rings is 2. The molecule has 0 aliphatic carbocycles. The molecule has 1 aromatic heterocycles. The molecule has 1 amide bonds. The van der Waals surface area contributed by atoms with Gasteiger partial charge in [0.2, 0.25) is 0 Å². The fourth-order valence-corrected chi connectivity index (χ4v) is 3.13. The Balaban J connectivity index is 1.84. The molecule has 0 saturated carbocycles. The number of fused-ring (bicyclic) bond motifs is 2. The highest BCUT2D eigenvalue weighted by Crippen LogP contribution is 2.33. The quantitative estimate of drug-likeness (QED) is 0.495. The minimum Gasteiger partial charge on any atom is -0.321 e. The van der Waals surface area contributed by atoms with E-state index in [0.717, 1.165) is 31.4 Å². The van der Waals surface area contributed by atoms with Crippen molar-refractivity contribution in [2.24, 2.45) is 0 Å². The summed E-state index contributed by atoms with van der Waals surface area (Å²) in [4.78, 5) is 12.1. The van der Waals surface area contributed by atoms with E-state index in [1.807, 2.05) is 48.5 Å². The van der Waals surface area contributed by atoms with E-state index in [4.69, 9.17) is 0 Å². The molecule has 102 valence electrons. The molecular formula is C16H10IN3O. The maximum absolute atomic E-state index is 12.1. The maximum Gasteiger partial charge on any atom is 0.256 e. The van der Waals surface area contributed by atoms with Gasteiger partial charge < -0.3 is 5.32 Å². The summed E-state index contributed by atoms with van der Waals surface area (Å²) in [5, 5.41) is 11.1. The number of carbonyl (C=O) groups is 1. The maximum atomic E-state index is 12.1. The summed E-state index contributed by atoms with van der Waals surface area (Å²) < 4.78 is 0.950. The number of hydrogen-bond donors (Lipinski definition) is 2. The molecule has 0 fully saturated rings. The van der Waals surface area contributed by atoms with Crippen LogP contribution in [0.25, 0.3) is 22.6 Å². The van der Waals surface area contributed by atoms with Crippen LogP contribution in [0.3, 0.4) is 0 Å². The Bertz CT molecular complexity index is 911. The van der Waals surface area contributed by atoms with Crippen LogP contribution in [0.1, 0.15) is 11.1 Å². The molecule has 1 aliphatic rings. The first-order chi connectivity index (χ1) is 10.2. The van der Waals surface area contributed by atoms with Gasteiger partial charge in [0.15, 0.2) is 0 Å². The van der Waals surface area contributed by atoms with Gasteiger partial charge in [-0.3, -0.25) is 9.89 Å². The number of nitrogens with zero attached hydrogens (tertiary/aromatic N) is 1. The minimum atomic E-state index is -0.0597. The predicted molar refractivity (Wildman–Crippen MR) is 91.8 cm³/mol. The Labute approximate surface area is 134 Å². The SMILES string of the molecule is O=C1Nc2ccccc2C1=Cc1ccc2c(I)n[nH]c2c1. The lowest BCUT2D eigenvalue weighted by Crippen LogP contribution is -2.03. The summed E-state index contributed by atoms with van der Waals surface area (Å²) >= 11 is 2.20. The average molecular weight is 387 g/mol. The van der Waals surface area contributed by atoms with Crippen molar-refractivity contribution in [2.75, 3.05) is 5.32 Å². The van der Waals surface area contributed by atoms with Gasteiger partial charge in [-0.1, -0.05) is 24.3 Å². The van der Waals surface area contributed by atoms with Gasteiger partial charge in [-0.2, -0.15) is 5.10 Å². The van der Waals surface area contributed by atoms with E-state index in [1.54, 1.807) is 0 Å². The Kier molecular flexibility index (Phi) is 2.81. The average Bonchev–Trinajstić information content (AvgIpc) is 3.01. The number of rotatable bonds is 1. The molecule has 0 bridgehead atoms. The molecule has 2 heterocycles. The monoisotopic (exact) mass is 387 g/mol. The van der Waals surface area contributed by atoms with Crippen LogP contribution in [0, 0.1) is 3.70 Å². The first-order valence-electron chi connectivity index (χ1n) is 6.48. The summed E-state index contributed by atoms with van der Waals surface area (Å²) in [6.45, 7) is 0. The predicted octanol–water partition coefficient (Wildman–Crippen LogP) is 3.66. The van der Waals surface area contributed by atoms with Crippen molar-refractivity contribution in [1.29, 1.82) is 0 Å². The van der Waals surface area contributed by atoms with Gasteiger partial charge in [-0.05, 0) is 52.4 Å². The van der Waals surface area contributed by atoms with Gasteiger partial charge in [0.1, 0.15) is 3.70 Å². The van der Waals surface area contributed by atoms with Crippen LogP contribution in [0.2, 0.25) is 0 Å². The number of amides is 1. The summed E-state index contributed by atoms with van der Waals surface area (Å²) in [7, 11) is 0. The molecule has 0 spiro atoms. The minimum absolute atomic E-state index is 0.0597. The van der Waals surface area contributed by atoms with Gasteiger partial charge in [-0.25, -0.2) is 0 Å². The highest BCUT2D eigenvalue weighted by Gasteiger charge is 2.23. The van der Waals surface area contributed by atoms with E-state index in [1.165, 1.54) is 0 Å². The Hall–Kier alpha value is -2.15. The smallest absolute Gasteiger partial charge is 0.256 e. The molecule has 4 nitrogen and oxygen atoms in total. The summed E-state index contributed by atoms with van der Waals surface area (Å²) in [5.41, 5.74) is 4.46. The number of carbonyl (C=O) groups excluding carboxylic acids is 1. The number of hydrogen-bond acceptors (Lipinski definition) is 2. The van der Waals surface area contributed by atoms with Gasteiger partial charge in [0.05, 0.1) is 5.52 Å². The van der Waals surface area contributed by atoms with Crippen molar-refractivity contribution in [2.45, 2.75) is 0 Å². The van der Waals surface area contributed by atoms with E-state index in [0.29, 0.717) is 5.57 Å². The van der Waals surface area contributed by atoms with Gasteiger partial charge in [0, 0.05) is 22.2 Å². The summed E-state index contributed by atoms with van der Waals surface area (Å²) in [6, 6.07) is 13.7. The van der Waals surface area contributed by atoms with Crippen molar-refractivity contribution in [3.63, 3.8) is 0 Å². The number of para-hydroxylation sites is 1. The zero-order chi connectivity index (χ0) is 14.4. The molecule has 1 aliphatic heterocycles. The van der Waals surface area contributed by atoms with Gasteiger partial charge in [0.25, 0.3) is 5.91 Å². The van der Waals surface area contributed by atoms with E-state index in [9.17, 15) is 4.79 Å². The molecule has 2 N–H and O–H groups in total. The molecular weight excluding hydrogens is 377 g/mol. The Morgan fingerprint density at radius 2 is 2.00 bits per heavy atom. The highest BCUT2D eigenvalue weighted by atomic mass is 127. The number of anilines is 1. The van der Waals surface area contributed by atoms with Gasteiger partial charge >= 0.3 is 0 Å². The van der Waals surface area contributed by atoms with Crippen molar-refractivity contribution in [3.05, 3.63) is 57.3 Å². The van der Waals surface area contributed by atoms with Crippen LogP contribution < -0.4 is 5.32 Å². The zero-order valence-corrected chi connectivity index (χ0v) is 13.0. The standard InChI is InChI=1S/C16H10IN3O/c17-15-11-6-5-9(8-14(11)19-20-15)7-12-10-3-1-2-4-13(10)18-16(12)21/h1-8H,(H,18,21)(H,19,20). The third-order valence-electron chi connectivity index (χ3n) is 3.56. The third-order valence-corrected chi connectivity index (χ3v) is 4.38. The summed E-state index contributed by atoms with van der Waals surface area (Å²) in [5.74, 6) is -0.0597. The fourth-order valence-electron chi connectivity index (χ4n) is 2.54. The number of H-pyrrole nitrogens is 1. The van der Waals surface area contributed by atoms with E-state index in [2.05, 4.69) is 38.1 Å². The number of aromatic amines is 1. The van der Waals surface area contributed by atoms with Gasteiger partial charge in [-0.15, -0.1) is 0 Å². The van der Waals surface area contributed by atoms with Crippen LogP contribution in [0.15, 0.2) is 42.5 Å². The second-order valence-corrected chi connectivity index (χ2v) is 5.90. The van der Waals surface area contributed by atoms with Crippen LogP contribution in [-0.2, 0) is 4.79 Å². The molecule has 21 heavy (non-hydrogen) atoms. The number of halogens is 1. The fraction of sp³-hybridized carbons (Fsp3) is 0. The lowest BCUT2D eigenvalue weighted by Gasteiger charge is -1.99. The number of aromatic nitrogens is 2. The second-order valence-electron chi connectivity index (χ2n) is 4.88. The van der Waals surface area contributed by atoms with Crippen LogP contribution in [0.5, 0.6) is 0 Å².